The molecule has 2 N–H and O–H groups in total. The maximum Gasteiger partial charge on any atom is 0.303 e. The monoisotopic (exact) mass is 433 g/mol. The minimum atomic E-state index is -0.995. The highest BCUT2D eigenvalue weighted by atomic mass is 35.5. The summed E-state index contributed by atoms with van der Waals surface area (Å²) in [5.41, 5.74) is 0.867. The standard InChI is InChI=1S/C21H17Cl2NO5/c22-14-7-3-12(4-8-14)18-17(19(27)13-5-9-15(23)10-6-13)20(28)21(29)24(18)11-1-2-16(25)26/h3-10,18,27H,1-2,11H2,(H,25,26). The number of rotatable bonds is 6. The minimum absolute atomic E-state index is 0.0571. The van der Waals surface area contributed by atoms with Crippen LogP contribution < -0.4 is 0 Å². The summed E-state index contributed by atoms with van der Waals surface area (Å²) in [4.78, 5) is 37.6. The molecule has 2 aromatic carbocycles. The number of carbonyl (C=O) groups is 3. The zero-order valence-electron chi connectivity index (χ0n) is 15.1. The second-order valence-corrected chi connectivity index (χ2v) is 7.42. The summed E-state index contributed by atoms with van der Waals surface area (Å²) in [7, 11) is 0. The van der Waals surface area contributed by atoms with Crippen LogP contribution in [0.2, 0.25) is 10.0 Å². The van der Waals surface area contributed by atoms with Crippen LogP contribution in [0.3, 0.4) is 0 Å². The third-order valence-electron chi connectivity index (χ3n) is 4.63. The highest BCUT2D eigenvalue weighted by Gasteiger charge is 2.45. The molecule has 1 fully saturated rings. The molecule has 0 aromatic heterocycles. The Labute approximate surface area is 177 Å². The van der Waals surface area contributed by atoms with E-state index in [1.54, 1.807) is 48.5 Å². The molecule has 150 valence electrons. The number of aliphatic hydroxyl groups excluding tert-OH is 1. The summed E-state index contributed by atoms with van der Waals surface area (Å²) >= 11 is 11.8. The molecule has 0 aliphatic carbocycles. The molecule has 0 saturated carbocycles. The van der Waals surface area contributed by atoms with Crippen molar-refractivity contribution in [3.05, 3.63) is 75.3 Å². The number of hydrogen-bond donors (Lipinski definition) is 2. The molecular weight excluding hydrogens is 417 g/mol. The summed E-state index contributed by atoms with van der Waals surface area (Å²) in [6.45, 7) is 0.0571. The fraction of sp³-hybridized carbons (Fsp3) is 0.190. The molecule has 6 nitrogen and oxygen atoms in total. The molecule has 1 heterocycles. The first kappa shape index (κ1) is 20.9. The van der Waals surface area contributed by atoms with Crippen molar-refractivity contribution >= 4 is 46.6 Å². The third kappa shape index (κ3) is 4.44. The van der Waals surface area contributed by atoms with Crippen LogP contribution in [0.5, 0.6) is 0 Å². The number of carboxylic acid groups (broad SMARTS) is 1. The van der Waals surface area contributed by atoms with Crippen LogP contribution in [0, 0.1) is 0 Å². The number of likely N-dealkylation sites (tertiary alicyclic amines) is 1. The Balaban J connectivity index is 2.08. The number of nitrogens with zero attached hydrogens (tertiary/aromatic N) is 1. The maximum absolute atomic E-state index is 12.8. The molecule has 29 heavy (non-hydrogen) atoms. The molecule has 1 unspecified atom stereocenters. The van der Waals surface area contributed by atoms with Crippen LogP contribution in [-0.4, -0.2) is 39.3 Å². The lowest BCUT2D eigenvalue weighted by Gasteiger charge is -2.25. The second-order valence-electron chi connectivity index (χ2n) is 6.55. The molecule has 1 amide bonds. The zero-order valence-corrected chi connectivity index (χ0v) is 16.7. The first-order valence-electron chi connectivity index (χ1n) is 8.81. The van der Waals surface area contributed by atoms with Crippen LogP contribution in [0.25, 0.3) is 5.76 Å². The second kappa shape index (κ2) is 8.68. The molecule has 1 aliphatic rings. The van der Waals surface area contributed by atoms with E-state index in [2.05, 4.69) is 0 Å². The Morgan fingerprint density at radius 1 is 0.931 bits per heavy atom. The van der Waals surface area contributed by atoms with Crippen LogP contribution >= 0.6 is 23.2 Å². The van der Waals surface area contributed by atoms with E-state index in [1.165, 1.54) is 4.90 Å². The number of aliphatic hydroxyl groups is 1. The van der Waals surface area contributed by atoms with E-state index < -0.39 is 23.7 Å². The summed E-state index contributed by atoms with van der Waals surface area (Å²) in [5, 5.41) is 20.7. The number of hydrogen-bond acceptors (Lipinski definition) is 4. The lowest BCUT2D eigenvalue weighted by atomic mass is 9.95. The lowest BCUT2D eigenvalue weighted by Crippen LogP contribution is -2.31. The normalized spacial score (nSPS) is 18.3. The highest BCUT2D eigenvalue weighted by molar-refractivity contribution is 6.46. The van der Waals surface area contributed by atoms with Gasteiger partial charge in [0.1, 0.15) is 5.76 Å². The molecule has 2 aromatic rings. The largest absolute Gasteiger partial charge is 0.507 e. The average molecular weight is 434 g/mol. The van der Waals surface area contributed by atoms with Gasteiger partial charge in [-0.3, -0.25) is 14.4 Å². The van der Waals surface area contributed by atoms with E-state index in [4.69, 9.17) is 28.3 Å². The molecule has 0 radical (unpaired) electrons. The molecule has 1 saturated heterocycles. The summed E-state index contributed by atoms with van der Waals surface area (Å²) in [6.07, 6.45) is 0.0287. The predicted molar refractivity (Wildman–Crippen MR) is 109 cm³/mol. The first-order valence-corrected chi connectivity index (χ1v) is 9.57. The number of carboxylic acids is 1. The number of aliphatic carboxylic acids is 1. The van der Waals surface area contributed by atoms with Crippen molar-refractivity contribution in [3.8, 4) is 0 Å². The summed E-state index contributed by atoms with van der Waals surface area (Å²) < 4.78 is 0. The van der Waals surface area contributed by atoms with Crippen molar-refractivity contribution < 1.29 is 24.6 Å². The Kier molecular flexibility index (Phi) is 6.25. The molecule has 0 bridgehead atoms. The number of benzene rings is 2. The van der Waals surface area contributed by atoms with Crippen LogP contribution in [0.15, 0.2) is 54.1 Å². The van der Waals surface area contributed by atoms with Crippen molar-refractivity contribution in [1.29, 1.82) is 0 Å². The minimum Gasteiger partial charge on any atom is -0.507 e. The maximum atomic E-state index is 12.8. The quantitative estimate of drug-likeness (QED) is 0.402. The SMILES string of the molecule is O=C(O)CCCN1C(=O)C(=O)C(=C(O)c2ccc(Cl)cc2)C1c1ccc(Cl)cc1. The van der Waals surface area contributed by atoms with E-state index in [9.17, 15) is 19.5 Å². The molecule has 0 spiro atoms. The molecule has 1 atom stereocenters. The topological polar surface area (TPSA) is 94.9 Å². The van der Waals surface area contributed by atoms with Crippen LogP contribution in [0.4, 0.5) is 0 Å². The van der Waals surface area contributed by atoms with Crippen molar-refractivity contribution in [2.24, 2.45) is 0 Å². The van der Waals surface area contributed by atoms with Gasteiger partial charge >= 0.3 is 5.97 Å². The number of halogens is 2. The van der Waals surface area contributed by atoms with Gasteiger partial charge in [0, 0.05) is 28.6 Å². The predicted octanol–water partition coefficient (Wildman–Crippen LogP) is 4.28. The average Bonchev–Trinajstić information content (AvgIpc) is 2.93. The van der Waals surface area contributed by atoms with Gasteiger partial charge in [-0.25, -0.2) is 0 Å². The number of ketones is 1. The number of carbonyl (C=O) groups excluding carboxylic acids is 2. The van der Waals surface area contributed by atoms with Gasteiger partial charge in [-0.1, -0.05) is 35.3 Å². The van der Waals surface area contributed by atoms with Gasteiger partial charge < -0.3 is 15.1 Å². The Morgan fingerprint density at radius 2 is 1.48 bits per heavy atom. The summed E-state index contributed by atoms with van der Waals surface area (Å²) in [6, 6.07) is 12.0. The zero-order chi connectivity index (χ0) is 21.1. The van der Waals surface area contributed by atoms with Crippen LogP contribution in [-0.2, 0) is 14.4 Å². The van der Waals surface area contributed by atoms with E-state index in [0.29, 0.717) is 21.2 Å². The van der Waals surface area contributed by atoms with Gasteiger partial charge in [0.15, 0.2) is 0 Å². The van der Waals surface area contributed by atoms with Crippen LogP contribution in [0.1, 0.15) is 30.0 Å². The van der Waals surface area contributed by atoms with Gasteiger partial charge in [0.05, 0.1) is 11.6 Å². The molecule has 8 heteroatoms. The number of Topliss-reactive ketones (excluding diaryl/α,β-unsaturated/α-hetero) is 1. The molecule has 1 aliphatic heterocycles. The summed E-state index contributed by atoms with van der Waals surface area (Å²) in [5.74, 6) is -2.93. The Bertz CT molecular complexity index is 983. The molecule has 3 rings (SSSR count). The third-order valence-corrected chi connectivity index (χ3v) is 5.14. The van der Waals surface area contributed by atoms with Gasteiger partial charge in [-0.15, -0.1) is 0 Å². The van der Waals surface area contributed by atoms with Gasteiger partial charge in [0.2, 0.25) is 0 Å². The van der Waals surface area contributed by atoms with Gasteiger partial charge in [-0.2, -0.15) is 0 Å². The van der Waals surface area contributed by atoms with Gasteiger partial charge in [0.25, 0.3) is 11.7 Å². The fourth-order valence-corrected chi connectivity index (χ4v) is 3.52. The smallest absolute Gasteiger partial charge is 0.303 e. The molecular formula is C21H17Cl2NO5. The van der Waals surface area contributed by atoms with Crippen molar-refractivity contribution in [2.45, 2.75) is 18.9 Å². The van der Waals surface area contributed by atoms with E-state index in [-0.39, 0.29) is 30.7 Å². The Hall–Kier alpha value is -2.83. The Morgan fingerprint density at radius 3 is 2.03 bits per heavy atom. The highest BCUT2D eigenvalue weighted by Crippen LogP contribution is 2.39. The van der Waals surface area contributed by atoms with E-state index >= 15 is 0 Å². The fourth-order valence-electron chi connectivity index (χ4n) is 3.27. The van der Waals surface area contributed by atoms with Crippen molar-refractivity contribution in [2.75, 3.05) is 6.54 Å². The van der Waals surface area contributed by atoms with E-state index in [1.807, 2.05) is 0 Å². The first-order chi connectivity index (χ1) is 13.8. The van der Waals surface area contributed by atoms with E-state index in [0.717, 1.165) is 0 Å². The number of amides is 1. The van der Waals surface area contributed by atoms with Crippen molar-refractivity contribution in [1.82, 2.24) is 4.90 Å². The lowest BCUT2D eigenvalue weighted by molar-refractivity contribution is -0.140. The van der Waals surface area contributed by atoms with Crippen molar-refractivity contribution in [3.63, 3.8) is 0 Å². The van der Waals surface area contributed by atoms with Gasteiger partial charge in [-0.05, 0) is 48.4 Å².